The molecular weight excluding hydrogens is 336 g/mol. The van der Waals surface area contributed by atoms with Gasteiger partial charge >= 0.3 is 0 Å². The first-order valence-electron chi connectivity index (χ1n) is 8.13. The Labute approximate surface area is 150 Å². The third-order valence-corrected chi connectivity index (χ3v) is 3.91. The highest BCUT2D eigenvalue weighted by Gasteiger charge is 2.11. The summed E-state index contributed by atoms with van der Waals surface area (Å²) < 4.78 is 26.8. The molecule has 26 heavy (non-hydrogen) atoms. The number of aromatic nitrogens is 2. The number of nitrogens with two attached hydrogens (primary N) is 1. The first-order valence-corrected chi connectivity index (χ1v) is 8.13. The summed E-state index contributed by atoms with van der Waals surface area (Å²) in [5.41, 5.74) is 8.43. The molecule has 5 nitrogen and oxygen atoms in total. The molecule has 0 bridgehead atoms. The Hall–Kier alpha value is -3.22. The fourth-order valence-corrected chi connectivity index (χ4v) is 2.40. The van der Waals surface area contributed by atoms with Crippen LogP contribution in [-0.2, 0) is 0 Å². The first-order chi connectivity index (χ1) is 12.4. The minimum Gasteiger partial charge on any atom is -0.393 e. The van der Waals surface area contributed by atoms with Gasteiger partial charge < -0.3 is 16.4 Å². The van der Waals surface area contributed by atoms with Crippen molar-refractivity contribution in [3.05, 3.63) is 66.0 Å². The maximum atomic E-state index is 13.8. The number of nitrogens with one attached hydrogen (secondary N) is 2. The van der Waals surface area contributed by atoms with Crippen LogP contribution in [-0.4, -0.2) is 9.97 Å². The van der Waals surface area contributed by atoms with Gasteiger partial charge in [-0.2, -0.15) is 0 Å². The summed E-state index contributed by atoms with van der Waals surface area (Å²) in [6, 6.07) is 11.1. The molecule has 0 saturated carbocycles. The standard InChI is InChI=1S/C19H19F2N5/c1-11(2)12-3-6-14(7-4-12)25-18-17(22)19(24-10-23-18)26-16-8-5-13(20)9-15(16)21/h3-11H,22H2,1-2H3,(H2,23,24,25,26). The second-order valence-corrected chi connectivity index (χ2v) is 6.14. The van der Waals surface area contributed by atoms with Gasteiger partial charge in [0.1, 0.15) is 23.6 Å². The fraction of sp³-hybridized carbons (Fsp3) is 0.158. The van der Waals surface area contributed by atoms with Gasteiger partial charge in [0, 0.05) is 11.8 Å². The predicted molar refractivity (Wildman–Crippen MR) is 99.9 cm³/mol. The van der Waals surface area contributed by atoms with Crippen LogP contribution in [0.3, 0.4) is 0 Å². The first kappa shape index (κ1) is 17.6. The van der Waals surface area contributed by atoms with Crippen molar-refractivity contribution in [1.82, 2.24) is 9.97 Å². The number of benzene rings is 2. The minimum atomic E-state index is -0.734. The molecule has 0 amide bonds. The average molecular weight is 355 g/mol. The van der Waals surface area contributed by atoms with Crippen LogP contribution < -0.4 is 16.4 Å². The number of nitrogens with zero attached hydrogens (tertiary/aromatic N) is 2. The molecule has 0 unspecified atom stereocenters. The number of hydrogen-bond acceptors (Lipinski definition) is 5. The van der Waals surface area contributed by atoms with Crippen LogP contribution in [0.25, 0.3) is 0 Å². The Morgan fingerprint density at radius 3 is 2.19 bits per heavy atom. The molecule has 0 spiro atoms. The lowest BCUT2D eigenvalue weighted by Gasteiger charge is -2.13. The van der Waals surface area contributed by atoms with Gasteiger partial charge in [-0.05, 0) is 35.7 Å². The molecule has 0 fully saturated rings. The summed E-state index contributed by atoms with van der Waals surface area (Å²) in [7, 11) is 0. The number of hydrogen-bond donors (Lipinski definition) is 3. The summed E-state index contributed by atoms with van der Waals surface area (Å²) in [5, 5.41) is 5.88. The van der Waals surface area contributed by atoms with Crippen LogP contribution in [0.2, 0.25) is 0 Å². The summed E-state index contributed by atoms with van der Waals surface area (Å²) in [6.07, 6.45) is 1.31. The van der Waals surface area contributed by atoms with Crippen LogP contribution >= 0.6 is 0 Å². The molecule has 0 aliphatic heterocycles. The number of anilines is 5. The third-order valence-electron chi connectivity index (χ3n) is 3.91. The Bertz CT molecular complexity index is 910. The maximum absolute atomic E-state index is 13.8. The lowest BCUT2D eigenvalue weighted by atomic mass is 10.0. The van der Waals surface area contributed by atoms with E-state index < -0.39 is 11.6 Å². The lowest BCUT2D eigenvalue weighted by molar-refractivity contribution is 0.586. The van der Waals surface area contributed by atoms with Gasteiger partial charge in [-0.3, -0.25) is 0 Å². The van der Waals surface area contributed by atoms with Crippen molar-refractivity contribution in [2.45, 2.75) is 19.8 Å². The van der Waals surface area contributed by atoms with Crippen molar-refractivity contribution in [3.8, 4) is 0 Å². The molecule has 4 N–H and O–H groups in total. The zero-order valence-corrected chi connectivity index (χ0v) is 14.4. The fourth-order valence-electron chi connectivity index (χ4n) is 2.40. The molecule has 0 radical (unpaired) electrons. The maximum Gasteiger partial charge on any atom is 0.159 e. The van der Waals surface area contributed by atoms with Crippen molar-refractivity contribution >= 4 is 28.7 Å². The van der Waals surface area contributed by atoms with E-state index in [0.29, 0.717) is 11.7 Å². The minimum absolute atomic E-state index is 0.0732. The van der Waals surface area contributed by atoms with Crippen LogP contribution in [0.15, 0.2) is 48.8 Å². The highest BCUT2D eigenvalue weighted by Crippen LogP contribution is 2.29. The number of nitrogen functional groups attached to an aromatic ring is 1. The monoisotopic (exact) mass is 355 g/mol. The molecule has 0 aliphatic carbocycles. The van der Waals surface area contributed by atoms with Crippen molar-refractivity contribution in [2.75, 3.05) is 16.4 Å². The smallest absolute Gasteiger partial charge is 0.159 e. The Balaban J connectivity index is 1.82. The van der Waals surface area contributed by atoms with Crippen molar-refractivity contribution < 1.29 is 8.78 Å². The van der Waals surface area contributed by atoms with Gasteiger partial charge in [0.05, 0.1) is 5.69 Å². The molecule has 0 aliphatic rings. The molecular formula is C19H19F2N5. The topological polar surface area (TPSA) is 75.9 Å². The molecule has 134 valence electrons. The highest BCUT2D eigenvalue weighted by molar-refractivity contribution is 5.80. The van der Waals surface area contributed by atoms with Crippen LogP contribution in [0.4, 0.5) is 37.5 Å². The van der Waals surface area contributed by atoms with E-state index in [4.69, 9.17) is 5.73 Å². The van der Waals surface area contributed by atoms with E-state index in [1.807, 2.05) is 24.3 Å². The Morgan fingerprint density at radius 2 is 1.58 bits per heavy atom. The summed E-state index contributed by atoms with van der Waals surface area (Å²) in [5.74, 6) is -0.332. The van der Waals surface area contributed by atoms with Gasteiger partial charge in [0.2, 0.25) is 0 Å². The van der Waals surface area contributed by atoms with E-state index in [1.165, 1.54) is 18.0 Å². The Morgan fingerprint density at radius 1 is 0.923 bits per heavy atom. The van der Waals surface area contributed by atoms with E-state index in [-0.39, 0.29) is 17.2 Å². The zero-order chi connectivity index (χ0) is 18.7. The zero-order valence-electron chi connectivity index (χ0n) is 14.4. The molecule has 7 heteroatoms. The van der Waals surface area contributed by atoms with E-state index in [1.54, 1.807) is 0 Å². The van der Waals surface area contributed by atoms with Crippen LogP contribution in [0.5, 0.6) is 0 Å². The molecule has 3 aromatic rings. The van der Waals surface area contributed by atoms with Crippen molar-refractivity contribution in [1.29, 1.82) is 0 Å². The molecule has 0 saturated heterocycles. The van der Waals surface area contributed by atoms with E-state index in [2.05, 4.69) is 34.4 Å². The summed E-state index contributed by atoms with van der Waals surface area (Å²) in [6.45, 7) is 4.24. The molecule has 1 aromatic heterocycles. The lowest BCUT2D eigenvalue weighted by Crippen LogP contribution is -2.06. The number of rotatable bonds is 5. The SMILES string of the molecule is CC(C)c1ccc(Nc2ncnc(Nc3ccc(F)cc3F)c2N)cc1. The van der Waals surface area contributed by atoms with E-state index >= 15 is 0 Å². The predicted octanol–water partition coefficient (Wildman–Crippen LogP) is 4.95. The quantitative estimate of drug-likeness (QED) is 0.604. The van der Waals surface area contributed by atoms with Crippen LogP contribution in [0, 0.1) is 11.6 Å². The second-order valence-electron chi connectivity index (χ2n) is 6.14. The summed E-state index contributed by atoms with van der Waals surface area (Å²) in [4.78, 5) is 8.16. The third kappa shape index (κ3) is 3.88. The molecule has 3 rings (SSSR count). The average Bonchev–Trinajstić information content (AvgIpc) is 2.61. The van der Waals surface area contributed by atoms with E-state index in [9.17, 15) is 8.78 Å². The molecule has 0 atom stereocenters. The summed E-state index contributed by atoms with van der Waals surface area (Å²) >= 11 is 0. The van der Waals surface area contributed by atoms with Crippen LogP contribution in [0.1, 0.15) is 25.3 Å². The highest BCUT2D eigenvalue weighted by atomic mass is 19.1. The largest absolute Gasteiger partial charge is 0.393 e. The van der Waals surface area contributed by atoms with E-state index in [0.717, 1.165) is 17.8 Å². The number of halogens is 2. The van der Waals surface area contributed by atoms with Gasteiger partial charge in [0.25, 0.3) is 0 Å². The van der Waals surface area contributed by atoms with Gasteiger partial charge in [-0.1, -0.05) is 26.0 Å². The van der Waals surface area contributed by atoms with Gasteiger partial charge in [0.15, 0.2) is 11.6 Å². The second kappa shape index (κ2) is 7.35. The normalized spacial score (nSPS) is 10.8. The van der Waals surface area contributed by atoms with Crippen molar-refractivity contribution in [3.63, 3.8) is 0 Å². The molecule has 2 aromatic carbocycles. The van der Waals surface area contributed by atoms with Gasteiger partial charge in [-0.25, -0.2) is 18.7 Å². The van der Waals surface area contributed by atoms with Gasteiger partial charge in [-0.15, -0.1) is 0 Å². The molecule has 1 heterocycles. The Kier molecular flexibility index (Phi) is 4.97. The van der Waals surface area contributed by atoms with Crippen molar-refractivity contribution in [2.24, 2.45) is 0 Å².